The number of halogens is 1. The SMILES string of the molecule is Cc1cc(NC(=O)CSCC(=O)N2CCCCC2CN)no1.Cl. The van der Waals surface area contributed by atoms with Crippen molar-refractivity contribution >= 4 is 41.8 Å². The number of likely N-dealkylation sites (tertiary alicyclic amines) is 1. The van der Waals surface area contributed by atoms with Crippen LogP contribution in [0.3, 0.4) is 0 Å². The van der Waals surface area contributed by atoms with Gasteiger partial charge in [-0.2, -0.15) is 0 Å². The van der Waals surface area contributed by atoms with Crippen molar-refractivity contribution in [3.05, 3.63) is 11.8 Å². The minimum atomic E-state index is -0.194. The van der Waals surface area contributed by atoms with E-state index in [1.807, 2.05) is 4.90 Å². The van der Waals surface area contributed by atoms with Gasteiger partial charge in [0, 0.05) is 25.2 Å². The van der Waals surface area contributed by atoms with E-state index in [9.17, 15) is 9.59 Å². The monoisotopic (exact) mass is 362 g/mol. The molecule has 0 radical (unpaired) electrons. The molecule has 9 heteroatoms. The van der Waals surface area contributed by atoms with Gasteiger partial charge < -0.3 is 20.5 Å². The molecular weight excluding hydrogens is 340 g/mol. The largest absolute Gasteiger partial charge is 0.360 e. The average molecular weight is 363 g/mol. The maximum atomic E-state index is 12.2. The molecule has 1 atom stereocenters. The van der Waals surface area contributed by atoms with Crippen molar-refractivity contribution in [1.29, 1.82) is 0 Å². The molecule has 23 heavy (non-hydrogen) atoms. The molecule has 2 rings (SSSR count). The molecule has 130 valence electrons. The molecule has 1 saturated heterocycles. The fourth-order valence-corrected chi connectivity index (χ4v) is 3.19. The zero-order valence-electron chi connectivity index (χ0n) is 13.1. The van der Waals surface area contributed by atoms with Crippen LogP contribution in [-0.2, 0) is 9.59 Å². The van der Waals surface area contributed by atoms with Gasteiger partial charge in [-0.05, 0) is 26.2 Å². The standard InChI is InChI=1S/C14H22N4O3S.ClH/c1-10-6-12(17-21-10)16-13(19)8-22-9-14(20)18-5-3-2-4-11(18)7-15;/h6,11H,2-5,7-9,15H2,1H3,(H,16,17,19);1H. The number of thioether (sulfide) groups is 1. The van der Waals surface area contributed by atoms with Crippen LogP contribution >= 0.6 is 24.2 Å². The van der Waals surface area contributed by atoms with Crippen molar-refractivity contribution in [2.75, 3.05) is 29.9 Å². The molecule has 0 bridgehead atoms. The minimum Gasteiger partial charge on any atom is -0.360 e. The molecule has 0 saturated carbocycles. The normalized spacial score (nSPS) is 17.5. The molecule has 0 aromatic carbocycles. The van der Waals surface area contributed by atoms with E-state index in [0.29, 0.717) is 23.9 Å². The second kappa shape index (κ2) is 9.79. The smallest absolute Gasteiger partial charge is 0.235 e. The highest BCUT2D eigenvalue weighted by atomic mass is 35.5. The molecule has 1 aliphatic rings. The summed E-state index contributed by atoms with van der Waals surface area (Å²) >= 11 is 1.30. The number of piperidine rings is 1. The first-order chi connectivity index (χ1) is 10.6. The Kier molecular flexibility index (Phi) is 8.43. The topological polar surface area (TPSA) is 101 Å². The van der Waals surface area contributed by atoms with Crippen LogP contribution in [-0.4, -0.2) is 52.5 Å². The van der Waals surface area contributed by atoms with Gasteiger partial charge in [-0.3, -0.25) is 9.59 Å². The Labute approximate surface area is 146 Å². The van der Waals surface area contributed by atoms with Gasteiger partial charge in [-0.25, -0.2) is 0 Å². The third-order valence-electron chi connectivity index (χ3n) is 3.57. The number of hydrogen-bond donors (Lipinski definition) is 2. The predicted octanol–water partition coefficient (Wildman–Crippen LogP) is 1.42. The molecule has 2 heterocycles. The van der Waals surface area contributed by atoms with E-state index in [1.165, 1.54) is 11.8 Å². The van der Waals surface area contributed by atoms with E-state index in [2.05, 4.69) is 10.5 Å². The summed E-state index contributed by atoms with van der Waals surface area (Å²) in [6, 6.07) is 1.79. The lowest BCUT2D eigenvalue weighted by atomic mass is 10.0. The number of nitrogens with zero attached hydrogens (tertiary/aromatic N) is 2. The summed E-state index contributed by atoms with van der Waals surface area (Å²) in [7, 11) is 0. The van der Waals surface area contributed by atoms with Crippen molar-refractivity contribution < 1.29 is 14.1 Å². The quantitative estimate of drug-likeness (QED) is 0.793. The Bertz CT molecular complexity index is 526. The Morgan fingerprint density at radius 3 is 2.91 bits per heavy atom. The van der Waals surface area contributed by atoms with Gasteiger partial charge in [-0.1, -0.05) is 5.16 Å². The van der Waals surface area contributed by atoms with E-state index in [1.54, 1.807) is 13.0 Å². The molecule has 1 fully saturated rings. The number of nitrogens with two attached hydrogens (primary N) is 1. The van der Waals surface area contributed by atoms with Crippen molar-refractivity contribution in [3.8, 4) is 0 Å². The van der Waals surface area contributed by atoms with Crippen LogP contribution in [0.25, 0.3) is 0 Å². The first-order valence-electron chi connectivity index (χ1n) is 7.40. The van der Waals surface area contributed by atoms with Crippen LogP contribution in [0, 0.1) is 6.92 Å². The van der Waals surface area contributed by atoms with E-state index in [-0.39, 0.29) is 36.0 Å². The van der Waals surface area contributed by atoms with Gasteiger partial charge in [0.05, 0.1) is 11.5 Å². The highest BCUT2D eigenvalue weighted by Gasteiger charge is 2.25. The van der Waals surface area contributed by atoms with Crippen LogP contribution in [0.15, 0.2) is 10.6 Å². The third kappa shape index (κ3) is 6.04. The predicted molar refractivity (Wildman–Crippen MR) is 92.8 cm³/mol. The number of nitrogens with one attached hydrogen (secondary N) is 1. The Morgan fingerprint density at radius 1 is 1.48 bits per heavy atom. The summed E-state index contributed by atoms with van der Waals surface area (Å²) in [6.07, 6.45) is 3.12. The van der Waals surface area contributed by atoms with Crippen LogP contribution < -0.4 is 11.1 Å². The number of rotatable bonds is 6. The molecule has 0 aliphatic carbocycles. The minimum absolute atomic E-state index is 0. The zero-order chi connectivity index (χ0) is 15.9. The van der Waals surface area contributed by atoms with Crippen molar-refractivity contribution in [3.63, 3.8) is 0 Å². The molecule has 2 amide bonds. The first kappa shape index (κ1) is 19.8. The second-order valence-electron chi connectivity index (χ2n) is 5.34. The molecule has 1 aliphatic heterocycles. The highest BCUT2D eigenvalue weighted by molar-refractivity contribution is 8.00. The number of aromatic nitrogens is 1. The van der Waals surface area contributed by atoms with Crippen LogP contribution in [0.2, 0.25) is 0 Å². The number of amides is 2. The van der Waals surface area contributed by atoms with Crippen molar-refractivity contribution in [1.82, 2.24) is 10.1 Å². The molecule has 0 spiro atoms. The van der Waals surface area contributed by atoms with Gasteiger partial charge in [-0.15, -0.1) is 24.2 Å². The van der Waals surface area contributed by atoms with E-state index >= 15 is 0 Å². The van der Waals surface area contributed by atoms with Gasteiger partial charge in [0.15, 0.2) is 5.82 Å². The van der Waals surface area contributed by atoms with E-state index < -0.39 is 0 Å². The van der Waals surface area contributed by atoms with Gasteiger partial charge in [0.2, 0.25) is 11.8 Å². The van der Waals surface area contributed by atoms with Gasteiger partial charge in [0.25, 0.3) is 0 Å². The lowest BCUT2D eigenvalue weighted by molar-refractivity contribution is -0.131. The fourth-order valence-electron chi connectivity index (χ4n) is 2.49. The number of carbonyl (C=O) groups excluding carboxylic acids is 2. The molecule has 1 unspecified atom stereocenters. The summed E-state index contributed by atoms with van der Waals surface area (Å²) in [5, 5.41) is 6.31. The fraction of sp³-hybridized carbons (Fsp3) is 0.643. The Morgan fingerprint density at radius 2 is 2.26 bits per heavy atom. The van der Waals surface area contributed by atoms with Gasteiger partial charge >= 0.3 is 0 Å². The third-order valence-corrected chi connectivity index (χ3v) is 4.49. The number of aryl methyl sites for hydroxylation is 1. The summed E-state index contributed by atoms with van der Waals surface area (Å²) in [5.74, 6) is 1.40. The maximum absolute atomic E-state index is 12.2. The van der Waals surface area contributed by atoms with Crippen LogP contribution in [0.5, 0.6) is 0 Å². The first-order valence-corrected chi connectivity index (χ1v) is 8.56. The van der Waals surface area contributed by atoms with Crippen LogP contribution in [0.1, 0.15) is 25.0 Å². The number of hydrogen-bond acceptors (Lipinski definition) is 6. The van der Waals surface area contributed by atoms with E-state index in [4.69, 9.17) is 10.3 Å². The number of anilines is 1. The van der Waals surface area contributed by atoms with Crippen LogP contribution in [0.4, 0.5) is 5.82 Å². The summed E-state index contributed by atoms with van der Waals surface area (Å²) in [5.41, 5.74) is 5.72. The summed E-state index contributed by atoms with van der Waals surface area (Å²) < 4.78 is 4.87. The van der Waals surface area contributed by atoms with Crippen molar-refractivity contribution in [2.24, 2.45) is 5.73 Å². The Balaban J connectivity index is 0.00000264. The second-order valence-corrected chi connectivity index (χ2v) is 6.32. The molecule has 1 aromatic heterocycles. The molecule has 1 aromatic rings. The average Bonchev–Trinajstić information content (AvgIpc) is 2.92. The molecule has 7 nitrogen and oxygen atoms in total. The molecule has 3 N–H and O–H groups in total. The zero-order valence-corrected chi connectivity index (χ0v) is 14.8. The lowest BCUT2D eigenvalue weighted by Gasteiger charge is -2.35. The van der Waals surface area contributed by atoms with E-state index in [0.717, 1.165) is 25.8 Å². The lowest BCUT2D eigenvalue weighted by Crippen LogP contribution is -2.48. The Hall–Kier alpha value is -1.25. The summed E-state index contributed by atoms with van der Waals surface area (Å²) in [4.78, 5) is 25.8. The molecular formula is C14H23ClN4O3S. The highest BCUT2D eigenvalue weighted by Crippen LogP contribution is 2.17. The van der Waals surface area contributed by atoms with Crippen molar-refractivity contribution in [2.45, 2.75) is 32.2 Å². The number of carbonyl (C=O) groups is 2. The summed E-state index contributed by atoms with van der Waals surface area (Å²) in [6.45, 7) is 3.02. The maximum Gasteiger partial charge on any atom is 0.235 e. The van der Waals surface area contributed by atoms with Gasteiger partial charge in [0.1, 0.15) is 5.76 Å².